The summed E-state index contributed by atoms with van der Waals surface area (Å²) in [5, 5.41) is 23.1. The lowest BCUT2D eigenvalue weighted by atomic mass is 10.2. The van der Waals surface area contributed by atoms with Gasteiger partial charge in [0.05, 0.1) is 31.4 Å². The zero-order valence-corrected chi connectivity index (χ0v) is 19.7. The minimum Gasteiger partial charge on any atom is -0.481 e. The summed E-state index contributed by atoms with van der Waals surface area (Å²) in [4.78, 5) is 39.4. The van der Waals surface area contributed by atoms with Crippen molar-refractivity contribution in [3.05, 3.63) is 51.7 Å². The molecule has 0 radical (unpaired) electrons. The van der Waals surface area contributed by atoms with E-state index in [9.17, 15) is 14.4 Å². The van der Waals surface area contributed by atoms with Crippen LogP contribution in [0.1, 0.15) is 28.3 Å². The number of benzene rings is 1. The highest BCUT2D eigenvalue weighted by Crippen LogP contribution is 2.21. The first-order valence-electron chi connectivity index (χ1n) is 9.46. The van der Waals surface area contributed by atoms with Gasteiger partial charge in [-0.2, -0.15) is 0 Å². The number of hydrogen-bond donors (Lipinski definition) is 3. The number of nitrogens with zero attached hydrogens (tertiary/aromatic N) is 4. The number of carbonyl (C=O) groups is 3. The molecular formula is C19H19ClN6O5S2. The number of amides is 1. The van der Waals surface area contributed by atoms with Crippen molar-refractivity contribution in [2.75, 3.05) is 30.1 Å². The third-order valence-corrected chi connectivity index (χ3v) is 6.08. The molecule has 0 aliphatic carbocycles. The van der Waals surface area contributed by atoms with Gasteiger partial charge >= 0.3 is 11.9 Å². The van der Waals surface area contributed by atoms with Crippen LogP contribution in [0.15, 0.2) is 34.8 Å². The van der Waals surface area contributed by atoms with Gasteiger partial charge in [0.25, 0.3) is 5.91 Å². The lowest BCUT2D eigenvalue weighted by molar-refractivity contribution is -0.138. The van der Waals surface area contributed by atoms with Gasteiger partial charge in [0.15, 0.2) is 11.0 Å². The van der Waals surface area contributed by atoms with Crippen LogP contribution in [0.25, 0.3) is 0 Å². The largest absolute Gasteiger partial charge is 0.481 e. The number of methoxy groups -OCH3 is 1. The number of thioether (sulfide) groups is 1. The van der Waals surface area contributed by atoms with Crippen molar-refractivity contribution in [1.82, 2.24) is 19.9 Å². The molecule has 1 amide bonds. The molecule has 0 atom stereocenters. The Bertz CT molecular complexity index is 1130. The number of esters is 1. The highest BCUT2D eigenvalue weighted by molar-refractivity contribution is 7.99. The van der Waals surface area contributed by atoms with Crippen molar-refractivity contribution in [2.24, 2.45) is 0 Å². The highest BCUT2D eigenvalue weighted by Gasteiger charge is 2.19. The van der Waals surface area contributed by atoms with E-state index in [1.165, 1.54) is 23.1 Å². The molecule has 0 spiro atoms. The predicted molar refractivity (Wildman–Crippen MR) is 124 cm³/mol. The average Bonchev–Trinajstić information content (AvgIpc) is 3.39. The maximum absolute atomic E-state index is 12.7. The molecule has 0 unspecified atom stereocenters. The second kappa shape index (κ2) is 11.6. The molecular weight excluding hydrogens is 492 g/mol. The Morgan fingerprint density at radius 2 is 2.00 bits per heavy atom. The van der Waals surface area contributed by atoms with Crippen molar-refractivity contribution in [2.45, 2.75) is 18.0 Å². The molecule has 3 N–H and O–H groups in total. The van der Waals surface area contributed by atoms with Gasteiger partial charge < -0.3 is 15.2 Å². The molecule has 0 fully saturated rings. The molecule has 3 aromatic rings. The molecule has 0 bridgehead atoms. The zero-order valence-electron chi connectivity index (χ0n) is 17.3. The maximum atomic E-state index is 12.7. The van der Waals surface area contributed by atoms with Crippen LogP contribution in [0.4, 0.5) is 5.13 Å². The number of carboxylic acid groups (broad SMARTS) is 1. The Morgan fingerprint density at radius 3 is 2.70 bits per heavy atom. The Balaban J connectivity index is 1.77. The molecule has 2 heterocycles. The van der Waals surface area contributed by atoms with Crippen LogP contribution >= 0.6 is 34.7 Å². The average molecular weight is 511 g/mol. The molecule has 1 aromatic carbocycles. The predicted octanol–water partition coefficient (Wildman–Crippen LogP) is 2.51. The summed E-state index contributed by atoms with van der Waals surface area (Å²) < 4.78 is 6.06. The topological polar surface area (TPSA) is 148 Å². The number of aromatic nitrogens is 4. The van der Waals surface area contributed by atoms with E-state index >= 15 is 0 Å². The Labute approximate surface area is 201 Å². The monoisotopic (exact) mass is 510 g/mol. The van der Waals surface area contributed by atoms with E-state index in [1.54, 1.807) is 29.6 Å². The van der Waals surface area contributed by atoms with E-state index in [0.717, 1.165) is 11.8 Å². The SMILES string of the molecule is COC(=O)CSc1nnc(Cc2csc(NCCC(=O)O)n2)n1NC(=O)c1ccc(Cl)cc1. The van der Waals surface area contributed by atoms with Crippen LogP contribution in [0, 0.1) is 0 Å². The summed E-state index contributed by atoms with van der Waals surface area (Å²) in [6.07, 6.45) is 0.213. The number of rotatable bonds is 11. The van der Waals surface area contributed by atoms with Crippen LogP contribution in [-0.2, 0) is 20.7 Å². The van der Waals surface area contributed by atoms with Gasteiger partial charge in [-0.3, -0.25) is 19.8 Å². The van der Waals surface area contributed by atoms with Gasteiger partial charge in [-0.05, 0) is 24.3 Å². The third-order valence-electron chi connectivity index (χ3n) is 4.07. The Morgan fingerprint density at radius 1 is 1.24 bits per heavy atom. The number of nitrogens with one attached hydrogen (secondary N) is 2. The first-order valence-corrected chi connectivity index (χ1v) is 11.7. The van der Waals surface area contributed by atoms with Crippen LogP contribution < -0.4 is 10.7 Å². The van der Waals surface area contributed by atoms with E-state index in [1.807, 2.05) is 0 Å². The molecule has 174 valence electrons. The van der Waals surface area contributed by atoms with Crippen LogP contribution in [0.5, 0.6) is 0 Å². The summed E-state index contributed by atoms with van der Waals surface area (Å²) in [6.45, 7) is 0.254. The number of hydrogen-bond acceptors (Lipinski definition) is 10. The van der Waals surface area contributed by atoms with Crippen LogP contribution in [-0.4, -0.2) is 62.2 Å². The van der Waals surface area contributed by atoms with Crippen LogP contribution in [0.3, 0.4) is 0 Å². The van der Waals surface area contributed by atoms with Crippen molar-refractivity contribution >= 4 is 57.7 Å². The summed E-state index contributed by atoms with van der Waals surface area (Å²) >= 11 is 8.28. The summed E-state index contributed by atoms with van der Waals surface area (Å²) in [5.41, 5.74) is 3.77. The first kappa shape index (κ1) is 24.5. The van der Waals surface area contributed by atoms with Crippen molar-refractivity contribution in [1.29, 1.82) is 0 Å². The molecule has 0 aliphatic rings. The number of thiazole rings is 1. The molecule has 33 heavy (non-hydrogen) atoms. The van der Waals surface area contributed by atoms with E-state index in [2.05, 4.69) is 30.7 Å². The van der Waals surface area contributed by atoms with Crippen molar-refractivity contribution in [3.8, 4) is 0 Å². The fraction of sp³-hybridized carbons (Fsp3) is 0.263. The van der Waals surface area contributed by atoms with Gasteiger partial charge in [-0.15, -0.1) is 21.5 Å². The minimum atomic E-state index is -0.902. The lowest BCUT2D eigenvalue weighted by Crippen LogP contribution is -2.26. The zero-order chi connectivity index (χ0) is 23.8. The van der Waals surface area contributed by atoms with Gasteiger partial charge in [-0.1, -0.05) is 23.4 Å². The standard InChI is InChI=1S/C19H19ClN6O5S2/c1-31-16(29)10-33-19-24-23-14(8-13-9-32-18(22-13)21-7-6-15(27)28)26(19)25-17(30)11-2-4-12(20)5-3-11/h2-5,9H,6-8,10H2,1H3,(H,21,22)(H,25,30)(H,27,28). The van der Waals surface area contributed by atoms with Crippen molar-refractivity contribution in [3.63, 3.8) is 0 Å². The fourth-order valence-electron chi connectivity index (χ4n) is 2.48. The Hall–Kier alpha value is -3.16. The number of aliphatic carboxylic acids is 1. The molecule has 0 saturated carbocycles. The fourth-order valence-corrected chi connectivity index (χ4v) is 4.09. The molecule has 14 heteroatoms. The first-order chi connectivity index (χ1) is 15.9. The molecule has 0 saturated heterocycles. The highest BCUT2D eigenvalue weighted by atomic mass is 35.5. The van der Waals surface area contributed by atoms with Gasteiger partial charge in [0, 0.05) is 22.5 Å². The third kappa shape index (κ3) is 7.17. The maximum Gasteiger partial charge on any atom is 0.316 e. The summed E-state index contributed by atoms with van der Waals surface area (Å²) in [6, 6.07) is 6.37. The van der Waals surface area contributed by atoms with Gasteiger partial charge in [0.1, 0.15) is 0 Å². The number of carboxylic acids is 1. The lowest BCUT2D eigenvalue weighted by Gasteiger charge is -2.11. The second-order valence-corrected chi connectivity index (χ2v) is 8.68. The van der Waals surface area contributed by atoms with E-state index < -0.39 is 17.8 Å². The molecule has 2 aromatic heterocycles. The van der Waals surface area contributed by atoms with Crippen LogP contribution in [0.2, 0.25) is 5.02 Å². The normalized spacial score (nSPS) is 10.6. The molecule has 11 nitrogen and oxygen atoms in total. The smallest absolute Gasteiger partial charge is 0.316 e. The van der Waals surface area contributed by atoms with Gasteiger partial charge in [-0.25, -0.2) is 9.66 Å². The Kier molecular flexibility index (Phi) is 8.63. The minimum absolute atomic E-state index is 0.0141. The number of halogens is 1. The number of carbonyl (C=O) groups excluding carboxylic acids is 2. The molecule has 0 aliphatic heterocycles. The molecule has 3 rings (SSSR count). The van der Waals surface area contributed by atoms with Gasteiger partial charge in [0.2, 0.25) is 5.16 Å². The van der Waals surface area contributed by atoms with E-state index in [4.69, 9.17) is 16.7 Å². The number of ether oxygens (including phenoxy) is 1. The summed E-state index contributed by atoms with van der Waals surface area (Å²) in [5.74, 6) is -1.38. The quantitative estimate of drug-likeness (QED) is 0.259. The van der Waals surface area contributed by atoms with E-state index in [0.29, 0.717) is 32.4 Å². The second-order valence-electron chi connectivity index (χ2n) is 6.44. The number of anilines is 1. The summed E-state index contributed by atoms with van der Waals surface area (Å²) in [7, 11) is 1.28. The van der Waals surface area contributed by atoms with Crippen molar-refractivity contribution < 1.29 is 24.2 Å². The van der Waals surface area contributed by atoms with E-state index in [-0.39, 0.29) is 25.1 Å².